The number of anilines is 1. The van der Waals surface area contributed by atoms with Gasteiger partial charge in [0.2, 0.25) is 5.56 Å². The second kappa shape index (κ2) is 3.87. The van der Waals surface area contributed by atoms with Gasteiger partial charge >= 0.3 is 0 Å². The Morgan fingerprint density at radius 3 is 2.58 bits per heavy atom. The van der Waals surface area contributed by atoms with Gasteiger partial charge in [-0.05, 0) is 42.1 Å². The summed E-state index contributed by atoms with van der Waals surface area (Å²) in [4.78, 5) is 11.4. The standard InChI is InChI=1S/C16H24N2O/c1-15(2)11-7-8-16(15,3)13(9-11)17-12-5-6-14(19)18(4)10-12/h5-6,10-11,13,17H,7-9H2,1-4H3. The fourth-order valence-electron chi connectivity index (χ4n) is 4.30. The van der Waals surface area contributed by atoms with E-state index < -0.39 is 0 Å². The first kappa shape index (κ1) is 12.8. The van der Waals surface area contributed by atoms with Crippen LogP contribution in [0.4, 0.5) is 5.69 Å². The van der Waals surface area contributed by atoms with Crippen molar-refractivity contribution in [3.8, 4) is 0 Å². The number of aryl methyl sites for hydroxylation is 1. The van der Waals surface area contributed by atoms with Crippen molar-refractivity contribution in [2.45, 2.75) is 46.1 Å². The second-order valence-corrected chi connectivity index (χ2v) is 7.17. The molecule has 3 nitrogen and oxygen atoms in total. The molecule has 104 valence electrons. The summed E-state index contributed by atoms with van der Waals surface area (Å²) in [5.41, 5.74) is 1.90. The monoisotopic (exact) mass is 260 g/mol. The minimum atomic E-state index is 0.0463. The summed E-state index contributed by atoms with van der Waals surface area (Å²) < 4.78 is 1.64. The van der Waals surface area contributed by atoms with Crippen LogP contribution in [-0.2, 0) is 7.05 Å². The van der Waals surface area contributed by atoms with Crippen LogP contribution in [0.25, 0.3) is 0 Å². The summed E-state index contributed by atoms with van der Waals surface area (Å²) in [6, 6.07) is 4.08. The second-order valence-electron chi connectivity index (χ2n) is 7.17. The van der Waals surface area contributed by atoms with Crippen LogP contribution >= 0.6 is 0 Å². The number of rotatable bonds is 2. The topological polar surface area (TPSA) is 34.0 Å². The number of fused-ring (bicyclic) bond motifs is 2. The minimum absolute atomic E-state index is 0.0463. The molecule has 1 aromatic rings. The van der Waals surface area contributed by atoms with Crippen LogP contribution < -0.4 is 10.9 Å². The molecule has 3 rings (SSSR count). The van der Waals surface area contributed by atoms with E-state index in [1.807, 2.05) is 12.3 Å². The predicted molar refractivity (Wildman–Crippen MR) is 78.3 cm³/mol. The molecule has 19 heavy (non-hydrogen) atoms. The van der Waals surface area contributed by atoms with E-state index in [1.165, 1.54) is 19.3 Å². The first-order valence-corrected chi connectivity index (χ1v) is 7.28. The van der Waals surface area contributed by atoms with E-state index in [2.05, 4.69) is 26.1 Å². The molecule has 1 heterocycles. The van der Waals surface area contributed by atoms with Crippen molar-refractivity contribution in [1.82, 2.24) is 4.57 Å². The average molecular weight is 260 g/mol. The van der Waals surface area contributed by atoms with Crippen LogP contribution in [0.5, 0.6) is 0 Å². The number of hydrogen-bond donors (Lipinski definition) is 1. The third kappa shape index (κ3) is 1.67. The molecule has 0 aromatic carbocycles. The van der Waals surface area contributed by atoms with Crippen molar-refractivity contribution < 1.29 is 0 Å². The highest BCUT2D eigenvalue weighted by Crippen LogP contribution is 2.65. The molecular weight excluding hydrogens is 236 g/mol. The summed E-state index contributed by atoms with van der Waals surface area (Å²) >= 11 is 0. The Labute approximate surface area is 115 Å². The maximum Gasteiger partial charge on any atom is 0.250 e. The summed E-state index contributed by atoms with van der Waals surface area (Å²) in [6.45, 7) is 7.28. The fourth-order valence-corrected chi connectivity index (χ4v) is 4.30. The smallest absolute Gasteiger partial charge is 0.250 e. The molecule has 3 unspecified atom stereocenters. The van der Waals surface area contributed by atoms with Crippen LogP contribution in [0.2, 0.25) is 0 Å². The molecule has 2 saturated carbocycles. The normalized spacial score (nSPS) is 35.6. The maximum absolute atomic E-state index is 11.4. The molecule has 3 heteroatoms. The molecule has 0 aliphatic heterocycles. The zero-order valence-corrected chi connectivity index (χ0v) is 12.4. The molecule has 2 fully saturated rings. The molecule has 0 amide bonds. The Balaban J connectivity index is 1.86. The van der Waals surface area contributed by atoms with Crippen molar-refractivity contribution >= 4 is 5.69 Å². The Morgan fingerprint density at radius 1 is 1.32 bits per heavy atom. The zero-order valence-electron chi connectivity index (χ0n) is 12.4. The Kier molecular flexibility index (Phi) is 2.60. The van der Waals surface area contributed by atoms with Crippen molar-refractivity contribution in [3.05, 3.63) is 28.7 Å². The van der Waals surface area contributed by atoms with Gasteiger partial charge in [0.25, 0.3) is 0 Å². The van der Waals surface area contributed by atoms with Crippen LogP contribution in [-0.4, -0.2) is 10.6 Å². The Morgan fingerprint density at radius 2 is 2.05 bits per heavy atom. The molecule has 2 bridgehead atoms. The predicted octanol–water partition coefficient (Wildman–Crippen LogP) is 3.01. The number of nitrogens with zero attached hydrogens (tertiary/aromatic N) is 1. The first-order chi connectivity index (χ1) is 8.84. The highest BCUT2D eigenvalue weighted by atomic mass is 16.1. The molecule has 0 spiro atoms. The van der Waals surface area contributed by atoms with Gasteiger partial charge in [0.1, 0.15) is 0 Å². The van der Waals surface area contributed by atoms with Crippen molar-refractivity contribution in [2.75, 3.05) is 5.32 Å². The summed E-state index contributed by atoms with van der Waals surface area (Å²) in [5, 5.41) is 3.68. The summed E-state index contributed by atoms with van der Waals surface area (Å²) in [6.07, 6.45) is 5.85. The van der Waals surface area contributed by atoms with Gasteiger partial charge in [-0.15, -0.1) is 0 Å². The molecule has 1 N–H and O–H groups in total. The largest absolute Gasteiger partial charge is 0.381 e. The summed E-state index contributed by atoms with van der Waals surface area (Å²) in [7, 11) is 1.81. The molecular formula is C16H24N2O. The lowest BCUT2D eigenvalue weighted by atomic mass is 9.69. The fraction of sp³-hybridized carbons (Fsp3) is 0.688. The number of hydrogen-bond acceptors (Lipinski definition) is 2. The third-order valence-corrected chi connectivity index (χ3v) is 6.22. The lowest BCUT2D eigenvalue weighted by molar-refractivity contribution is 0.142. The Hall–Kier alpha value is -1.25. The van der Waals surface area contributed by atoms with E-state index in [-0.39, 0.29) is 5.56 Å². The van der Waals surface area contributed by atoms with Crippen LogP contribution in [0.15, 0.2) is 23.1 Å². The van der Waals surface area contributed by atoms with Gasteiger partial charge < -0.3 is 9.88 Å². The quantitative estimate of drug-likeness (QED) is 0.887. The number of nitrogens with one attached hydrogen (secondary N) is 1. The van der Waals surface area contributed by atoms with Crippen molar-refractivity contribution in [2.24, 2.45) is 23.8 Å². The van der Waals surface area contributed by atoms with Crippen LogP contribution in [0, 0.1) is 16.7 Å². The van der Waals surface area contributed by atoms with Crippen molar-refractivity contribution in [3.63, 3.8) is 0 Å². The number of aromatic nitrogens is 1. The van der Waals surface area contributed by atoms with Gasteiger partial charge in [-0.1, -0.05) is 20.8 Å². The Bertz CT molecular complexity index is 560. The van der Waals surface area contributed by atoms with Gasteiger partial charge in [-0.3, -0.25) is 4.79 Å². The van der Waals surface area contributed by atoms with Crippen LogP contribution in [0.1, 0.15) is 40.0 Å². The minimum Gasteiger partial charge on any atom is -0.381 e. The van der Waals surface area contributed by atoms with E-state index in [4.69, 9.17) is 0 Å². The third-order valence-electron chi connectivity index (χ3n) is 6.22. The van der Waals surface area contributed by atoms with Crippen LogP contribution in [0.3, 0.4) is 0 Å². The molecule has 0 saturated heterocycles. The highest BCUT2D eigenvalue weighted by molar-refractivity contribution is 5.43. The van der Waals surface area contributed by atoms with E-state index in [0.717, 1.165) is 11.6 Å². The van der Waals surface area contributed by atoms with Gasteiger partial charge in [0.05, 0.1) is 5.69 Å². The van der Waals surface area contributed by atoms with Gasteiger partial charge in [0.15, 0.2) is 0 Å². The number of pyridine rings is 1. The average Bonchev–Trinajstić information content (AvgIpc) is 2.67. The molecule has 3 atom stereocenters. The lowest BCUT2D eigenvalue weighted by Crippen LogP contribution is -2.40. The maximum atomic E-state index is 11.4. The van der Waals surface area contributed by atoms with Crippen molar-refractivity contribution in [1.29, 1.82) is 0 Å². The zero-order chi connectivity index (χ0) is 13.8. The summed E-state index contributed by atoms with van der Waals surface area (Å²) in [5.74, 6) is 0.836. The van der Waals surface area contributed by atoms with Gasteiger partial charge in [-0.2, -0.15) is 0 Å². The SMILES string of the molecule is Cn1cc(NC2CC3CCC2(C)C3(C)C)ccc1=O. The molecule has 2 aliphatic rings. The van der Waals surface area contributed by atoms with E-state index in [1.54, 1.807) is 17.7 Å². The lowest BCUT2D eigenvalue weighted by Gasteiger charge is -2.40. The van der Waals surface area contributed by atoms with Gasteiger partial charge in [-0.25, -0.2) is 0 Å². The first-order valence-electron chi connectivity index (χ1n) is 7.28. The highest BCUT2D eigenvalue weighted by Gasteiger charge is 2.61. The van der Waals surface area contributed by atoms with E-state index >= 15 is 0 Å². The van der Waals surface area contributed by atoms with Gasteiger partial charge in [0, 0.05) is 25.4 Å². The van der Waals surface area contributed by atoms with E-state index in [0.29, 0.717) is 16.9 Å². The molecule has 0 radical (unpaired) electrons. The molecule has 1 aromatic heterocycles. The molecule has 2 aliphatic carbocycles. The van der Waals surface area contributed by atoms with E-state index in [9.17, 15) is 4.79 Å².